The third-order valence-corrected chi connectivity index (χ3v) is 17.7. The zero-order valence-electron chi connectivity index (χ0n) is 60.1. The summed E-state index contributed by atoms with van der Waals surface area (Å²) in [6.07, 6.45) is 5.52. The van der Waals surface area contributed by atoms with E-state index < -0.39 is 0 Å². The number of aromatic nitrogens is 4. The summed E-state index contributed by atoms with van der Waals surface area (Å²) < 4.78 is 2.78. The molecule has 0 spiro atoms. The molecule has 0 saturated carbocycles. The molecule has 0 atom stereocenters. The van der Waals surface area contributed by atoms with E-state index in [1.54, 1.807) is 0 Å². The molecule has 15 aromatic rings. The van der Waals surface area contributed by atoms with Gasteiger partial charge in [0.15, 0.2) is 0 Å². The number of pyridine rings is 4. The Hall–Kier alpha value is -11.0. The van der Waals surface area contributed by atoms with Crippen LogP contribution < -0.4 is 0 Å². The van der Waals surface area contributed by atoms with Crippen LogP contribution in [0, 0.1) is 96.9 Å². The lowest BCUT2D eigenvalue weighted by Gasteiger charge is -2.03. The van der Waals surface area contributed by atoms with Gasteiger partial charge in [-0.15, -0.1) is 11.3 Å². The van der Waals surface area contributed by atoms with E-state index in [0.717, 1.165) is 28.5 Å². The largest absolute Gasteiger partial charge is 0.256 e. The Balaban J connectivity index is 0.000000135. The summed E-state index contributed by atoms with van der Waals surface area (Å²) in [4.78, 5) is 17.4. The van der Waals surface area contributed by atoms with Crippen LogP contribution >= 0.6 is 11.3 Å². The van der Waals surface area contributed by atoms with Crippen LogP contribution in [0.3, 0.4) is 0 Å². The third-order valence-electron chi connectivity index (χ3n) is 16.5. The van der Waals surface area contributed by atoms with E-state index in [9.17, 15) is 0 Å². The molecular weight excluding hydrogens is 1220 g/mol. The first kappa shape index (κ1) is 72.3. The maximum absolute atomic E-state index is 4.42. The van der Waals surface area contributed by atoms with E-state index in [1.165, 1.54) is 137 Å². The average Bonchev–Trinajstić information content (AvgIpc) is 1.64. The van der Waals surface area contributed by atoms with Gasteiger partial charge in [0.05, 0.1) is 22.8 Å². The number of hydrogen-bond donors (Lipinski definition) is 0. The monoisotopic (exact) mass is 1310 g/mol. The van der Waals surface area contributed by atoms with Gasteiger partial charge in [-0.1, -0.05) is 262 Å². The quantitative estimate of drug-likeness (QED) is 0.166. The summed E-state index contributed by atoms with van der Waals surface area (Å²) >= 11 is 1.88. The summed E-state index contributed by atoms with van der Waals surface area (Å²) in [5, 5.41) is 2.80. The first-order chi connectivity index (χ1) is 47.8. The van der Waals surface area contributed by atoms with Gasteiger partial charge in [-0.2, -0.15) is 0 Å². The van der Waals surface area contributed by atoms with Crippen molar-refractivity contribution < 1.29 is 0 Å². The molecule has 15 rings (SSSR count). The van der Waals surface area contributed by atoms with Crippen molar-refractivity contribution in [2.45, 2.75) is 96.9 Å². The van der Waals surface area contributed by atoms with Crippen molar-refractivity contribution in [3.8, 4) is 67.3 Å². The van der Waals surface area contributed by atoms with Gasteiger partial charge < -0.3 is 0 Å². The second-order valence-corrected chi connectivity index (χ2v) is 27.0. The summed E-state index contributed by atoms with van der Waals surface area (Å²) in [5.74, 6) is 0. The molecule has 0 unspecified atom stereocenters. The number of benzene rings is 10. The molecule has 0 N–H and O–H groups in total. The van der Waals surface area contributed by atoms with Crippen LogP contribution in [-0.4, -0.2) is 19.9 Å². The van der Waals surface area contributed by atoms with Crippen molar-refractivity contribution in [3.05, 3.63) is 382 Å². The van der Waals surface area contributed by atoms with Crippen LogP contribution in [0.15, 0.2) is 304 Å². The molecular formula is C94H92N4S. The van der Waals surface area contributed by atoms with E-state index >= 15 is 0 Å². The van der Waals surface area contributed by atoms with Crippen molar-refractivity contribution in [2.24, 2.45) is 0 Å². The zero-order valence-corrected chi connectivity index (χ0v) is 60.9. The molecule has 10 aromatic carbocycles. The van der Waals surface area contributed by atoms with Crippen LogP contribution in [0.2, 0.25) is 0 Å². The average molecular weight is 1310 g/mol. The second kappa shape index (κ2) is 35.8. The van der Waals surface area contributed by atoms with Gasteiger partial charge in [0.2, 0.25) is 0 Å². The molecule has 0 amide bonds. The smallest absolute Gasteiger partial charge is 0.0889 e. The molecule has 0 aliphatic carbocycles. The highest BCUT2D eigenvalue weighted by Crippen LogP contribution is 2.35. The van der Waals surface area contributed by atoms with Gasteiger partial charge in [-0.3, -0.25) is 19.9 Å². The topological polar surface area (TPSA) is 51.6 Å². The van der Waals surface area contributed by atoms with Crippen LogP contribution in [0.4, 0.5) is 0 Å². The SMILES string of the molecule is Cc1ccc(-c2cc(C)ccn2)cc1.Cc1ccc(-c2cccc(C)c2)cc1.Cc1ccc(-c2cccc(C)c2)cc1.Cc1ccc2sc3ccc(C)cc3c2c1.Cc1cccc(-c2cc(C)ccn2)c1.Cc1cccc(-c2cccc(C)c2)c1.Cc1ccnc(-c2cccc(C)n2)c1. The molecule has 0 aliphatic heterocycles. The second-order valence-electron chi connectivity index (χ2n) is 25.9. The van der Waals surface area contributed by atoms with Gasteiger partial charge in [-0.05, 0) is 226 Å². The third kappa shape index (κ3) is 22.5. The highest BCUT2D eigenvalue weighted by molar-refractivity contribution is 7.25. The minimum atomic E-state index is 0.939. The van der Waals surface area contributed by atoms with Crippen molar-refractivity contribution >= 4 is 31.5 Å². The Kier molecular flexibility index (Phi) is 26.2. The van der Waals surface area contributed by atoms with Gasteiger partial charge in [-0.25, -0.2) is 0 Å². The highest BCUT2D eigenvalue weighted by Gasteiger charge is 2.07. The van der Waals surface area contributed by atoms with Gasteiger partial charge >= 0.3 is 0 Å². The molecule has 494 valence electrons. The first-order valence-corrected chi connectivity index (χ1v) is 34.8. The first-order valence-electron chi connectivity index (χ1n) is 33.9. The fourth-order valence-electron chi connectivity index (χ4n) is 11.1. The zero-order chi connectivity index (χ0) is 70.2. The predicted molar refractivity (Wildman–Crippen MR) is 428 cm³/mol. The van der Waals surface area contributed by atoms with Crippen molar-refractivity contribution in [1.82, 2.24) is 19.9 Å². The Bertz CT molecular complexity index is 4460. The summed E-state index contributed by atoms with van der Waals surface area (Å²) in [6, 6.07) is 100. The van der Waals surface area contributed by atoms with Crippen LogP contribution in [0.5, 0.6) is 0 Å². The van der Waals surface area contributed by atoms with Crippen LogP contribution in [0.25, 0.3) is 87.5 Å². The molecule has 4 nitrogen and oxygen atoms in total. The Morgan fingerprint density at radius 1 is 0.192 bits per heavy atom. The molecule has 99 heavy (non-hydrogen) atoms. The molecule has 5 aromatic heterocycles. The molecule has 5 heterocycles. The fraction of sp³-hybridized carbons (Fsp3) is 0.149. The highest BCUT2D eigenvalue weighted by atomic mass is 32.1. The number of fused-ring (bicyclic) bond motifs is 3. The number of thiophene rings is 1. The van der Waals surface area contributed by atoms with E-state index in [-0.39, 0.29) is 0 Å². The lowest BCUT2D eigenvalue weighted by molar-refractivity contribution is 1.17. The van der Waals surface area contributed by atoms with E-state index in [0.29, 0.717) is 0 Å². The standard InChI is InChI=1S/C14H12S.3C14H14.2C13H13N.C12H12N2/c1-9-3-5-13-11(7-9)12-8-10(2)4-6-14(12)15-13;1-11-5-3-7-13(9-11)14-8-4-6-12(2)10-14;2*1-11-6-8-13(9-7-11)14-5-3-4-12(2)10-14;1-10-3-5-12(6-4-10)13-9-11(2)7-8-14-13;1-10-4-3-5-12(8-10)13-9-11(2)6-7-14-13;1-9-6-7-13-12(8-9)11-5-3-4-10(2)14-11/h3-8H,1-2H3;3*3-10H,1-2H3;2*3-9H,1-2H3;3-8H,1-2H3. The lowest BCUT2D eigenvalue weighted by Crippen LogP contribution is -1.89. The lowest BCUT2D eigenvalue weighted by atomic mass is 10.0. The molecule has 5 heteroatoms. The molecule has 0 radical (unpaired) electrons. The molecule has 0 fully saturated rings. The minimum absolute atomic E-state index is 0.939. The molecule has 0 bridgehead atoms. The summed E-state index contributed by atoms with van der Waals surface area (Å²) in [6.45, 7) is 29.4. The fourth-order valence-corrected chi connectivity index (χ4v) is 12.1. The van der Waals surface area contributed by atoms with Crippen molar-refractivity contribution in [2.75, 3.05) is 0 Å². The normalized spacial score (nSPS) is 10.3. The van der Waals surface area contributed by atoms with Crippen molar-refractivity contribution in [1.29, 1.82) is 0 Å². The van der Waals surface area contributed by atoms with Gasteiger partial charge in [0, 0.05) is 55.6 Å². The maximum atomic E-state index is 4.42. The summed E-state index contributed by atoms with van der Waals surface area (Å²) in [7, 11) is 0. The number of rotatable bonds is 6. The van der Waals surface area contributed by atoms with Crippen LogP contribution in [0.1, 0.15) is 78.0 Å². The van der Waals surface area contributed by atoms with E-state index in [1.807, 2.05) is 79.3 Å². The Morgan fingerprint density at radius 3 is 0.838 bits per heavy atom. The van der Waals surface area contributed by atoms with Crippen molar-refractivity contribution in [3.63, 3.8) is 0 Å². The molecule has 0 aliphatic rings. The van der Waals surface area contributed by atoms with Crippen LogP contribution in [-0.2, 0) is 0 Å². The number of hydrogen-bond acceptors (Lipinski definition) is 5. The Labute approximate surface area is 593 Å². The minimum Gasteiger partial charge on any atom is -0.256 e. The summed E-state index contributed by atoms with van der Waals surface area (Å²) in [5.41, 5.74) is 31.9. The van der Waals surface area contributed by atoms with E-state index in [2.05, 4.69) is 353 Å². The van der Waals surface area contributed by atoms with Gasteiger partial charge in [0.1, 0.15) is 0 Å². The number of nitrogens with zero attached hydrogens (tertiary/aromatic N) is 4. The Morgan fingerprint density at radius 2 is 0.475 bits per heavy atom. The predicted octanol–water partition coefficient (Wildman–Crippen LogP) is 26.1. The van der Waals surface area contributed by atoms with E-state index in [4.69, 9.17) is 0 Å². The number of aryl methyl sites for hydroxylation is 14. The van der Waals surface area contributed by atoms with Gasteiger partial charge in [0.25, 0.3) is 0 Å². The maximum Gasteiger partial charge on any atom is 0.0889 e. The molecule has 0 saturated heterocycles.